The molecule has 1 heterocycles. The van der Waals surface area contributed by atoms with Gasteiger partial charge < -0.3 is 0 Å². The number of hydrogen-bond donors (Lipinski definition) is 0. The SMILES string of the molecule is C1=CCC[C@@H]2[C@@H](CC1)N2Cc1ccccc1. The van der Waals surface area contributed by atoms with Gasteiger partial charge in [0.25, 0.3) is 0 Å². The zero-order chi connectivity index (χ0) is 10.8. The van der Waals surface area contributed by atoms with E-state index in [4.69, 9.17) is 0 Å². The largest absolute Gasteiger partial charge is 0.290 e. The first-order chi connectivity index (χ1) is 7.95. The van der Waals surface area contributed by atoms with Gasteiger partial charge in [0.15, 0.2) is 0 Å². The second kappa shape index (κ2) is 4.42. The summed E-state index contributed by atoms with van der Waals surface area (Å²) in [6.07, 6.45) is 9.96. The van der Waals surface area contributed by atoms with Crippen LogP contribution in [0.25, 0.3) is 0 Å². The summed E-state index contributed by atoms with van der Waals surface area (Å²) in [4.78, 5) is 2.67. The molecule has 0 amide bonds. The molecular formula is C15H19N. The summed E-state index contributed by atoms with van der Waals surface area (Å²) in [6.45, 7) is 1.15. The van der Waals surface area contributed by atoms with E-state index in [1.807, 2.05) is 0 Å². The highest BCUT2D eigenvalue weighted by Crippen LogP contribution is 2.38. The molecule has 0 N–H and O–H groups in total. The zero-order valence-corrected chi connectivity index (χ0v) is 9.68. The minimum Gasteiger partial charge on any atom is -0.290 e. The fraction of sp³-hybridized carbons (Fsp3) is 0.467. The van der Waals surface area contributed by atoms with Gasteiger partial charge in [-0.05, 0) is 31.2 Å². The van der Waals surface area contributed by atoms with Crippen LogP contribution >= 0.6 is 0 Å². The number of fused-ring (bicyclic) bond motifs is 1. The average molecular weight is 213 g/mol. The topological polar surface area (TPSA) is 3.01 Å². The average Bonchev–Trinajstić information content (AvgIpc) is 2.89. The minimum absolute atomic E-state index is 0.866. The van der Waals surface area contributed by atoms with Crippen LogP contribution in [0.5, 0.6) is 0 Å². The molecule has 1 saturated heterocycles. The van der Waals surface area contributed by atoms with E-state index in [-0.39, 0.29) is 0 Å². The lowest BCUT2D eigenvalue weighted by Crippen LogP contribution is -2.02. The first kappa shape index (κ1) is 10.1. The lowest BCUT2D eigenvalue weighted by atomic mass is 10.1. The van der Waals surface area contributed by atoms with Crippen LogP contribution in [0.3, 0.4) is 0 Å². The van der Waals surface area contributed by atoms with Crippen LogP contribution in [0.4, 0.5) is 0 Å². The molecule has 1 aromatic rings. The molecule has 1 heteroatoms. The van der Waals surface area contributed by atoms with Crippen molar-refractivity contribution in [3.05, 3.63) is 48.0 Å². The van der Waals surface area contributed by atoms with Gasteiger partial charge in [0, 0.05) is 18.6 Å². The summed E-state index contributed by atoms with van der Waals surface area (Å²) in [5.74, 6) is 0. The maximum absolute atomic E-state index is 2.67. The molecule has 0 unspecified atom stereocenters. The van der Waals surface area contributed by atoms with Crippen molar-refractivity contribution in [2.45, 2.75) is 44.3 Å². The fourth-order valence-electron chi connectivity index (χ4n) is 2.91. The van der Waals surface area contributed by atoms with E-state index >= 15 is 0 Å². The molecule has 1 aliphatic heterocycles. The number of hydrogen-bond acceptors (Lipinski definition) is 1. The molecule has 84 valence electrons. The molecule has 1 aliphatic carbocycles. The van der Waals surface area contributed by atoms with E-state index < -0.39 is 0 Å². The molecule has 2 atom stereocenters. The standard InChI is InChI=1S/C15H19N/c1-2-7-11-15-14(10-6-1)16(15)12-13-8-4-3-5-9-13/h1-5,8-9,14-15H,6-7,10-12H2/t14-,15-/m1/s1. The smallest absolute Gasteiger partial charge is 0.0262 e. The Balaban J connectivity index is 1.62. The van der Waals surface area contributed by atoms with Crippen LogP contribution in [-0.2, 0) is 6.54 Å². The zero-order valence-electron chi connectivity index (χ0n) is 9.68. The molecule has 1 nitrogen and oxygen atoms in total. The Morgan fingerprint density at radius 1 is 0.938 bits per heavy atom. The second-order valence-electron chi connectivity index (χ2n) is 4.92. The van der Waals surface area contributed by atoms with Crippen molar-refractivity contribution in [3.8, 4) is 0 Å². The summed E-state index contributed by atoms with van der Waals surface area (Å²) in [7, 11) is 0. The first-order valence-corrected chi connectivity index (χ1v) is 6.40. The Bertz CT molecular complexity index is 352. The van der Waals surface area contributed by atoms with Gasteiger partial charge in [0.05, 0.1) is 0 Å². The van der Waals surface area contributed by atoms with Crippen LogP contribution in [0, 0.1) is 0 Å². The van der Waals surface area contributed by atoms with Gasteiger partial charge in [0.2, 0.25) is 0 Å². The van der Waals surface area contributed by atoms with Crippen molar-refractivity contribution in [2.24, 2.45) is 0 Å². The molecule has 1 aromatic carbocycles. The third-order valence-corrected chi connectivity index (χ3v) is 3.84. The maximum Gasteiger partial charge on any atom is 0.0262 e. The summed E-state index contributed by atoms with van der Waals surface area (Å²) >= 11 is 0. The fourth-order valence-corrected chi connectivity index (χ4v) is 2.91. The molecule has 3 rings (SSSR count). The van der Waals surface area contributed by atoms with Crippen LogP contribution in [0.1, 0.15) is 31.2 Å². The summed E-state index contributed by atoms with van der Waals surface area (Å²) in [5.41, 5.74) is 1.46. The van der Waals surface area contributed by atoms with Gasteiger partial charge in [-0.2, -0.15) is 0 Å². The third kappa shape index (κ3) is 2.05. The Morgan fingerprint density at radius 3 is 2.19 bits per heavy atom. The van der Waals surface area contributed by atoms with Gasteiger partial charge in [-0.1, -0.05) is 42.5 Å². The summed E-state index contributed by atoms with van der Waals surface area (Å²) in [6, 6.07) is 12.6. The van der Waals surface area contributed by atoms with E-state index in [1.165, 1.54) is 31.2 Å². The molecule has 1 fully saturated rings. The quantitative estimate of drug-likeness (QED) is 0.537. The highest BCUT2D eigenvalue weighted by Gasteiger charge is 2.45. The van der Waals surface area contributed by atoms with Crippen molar-refractivity contribution in [1.82, 2.24) is 4.90 Å². The van der Waals surface area contributed by atoms with Crippen molar-refractivity contribution < 1.29 is 0 Å². The number of benzene rings is 1. The van der Waals surface area contributed by atoms with Crippen molar-refractivity contribution in [3.63, 3.8) is 0 Å². The van der Waals surface area contributed by atoms with Gasteiger partial charge >= 0.3 is 0 Å². The van der Waals surface area contributed by atoms with E-state index in [2.05, 4.69) is 47.4 Å². The van der Waals surface area contributed by atoms with E-state index in [9.17, 15) is 0 Å². The van der Waals surface area contributed by atoms with Crippen molar-refractivity contribution in [2.75, 3.05) is 0 Å². The van der Waals surface area contributed by atoms with Gasteiger partial charge in [0.1, 0.15) is 0 Å². The number of rotatable bonds is 2. The van der Waals surface area contributed by atoms with E-state index in [1.54, 1.807) is 0 Å². The van der Waals surface area contributed by atoms with Crippen LogP contribution in [0.15, 0.2) is 42.5 Å². The van der Waals surface area contributed by atoms with Crippen LogP contribution in [-0.4, -0.2) is 17.0 Å². The second-order valence-corrected chi connectivity index (χ2v) is 4.92. The summed E-state index contributed by atoms with van der Waals surface area (Å²) in [5, 5.41) is 0. The maximum atomic E-state index is 2.67. The van der Waals surface area contributed by atoms with Crippen LogP contribution in [0.2, 0.25) is 0 Å². The lowest BCUT2D eigenvalue weighted by Gasteiger charge is -2.03. The Kier molecular flexibility index (Phi) is 2.79. The molecule has 0 bridgehead atoms. The highest BCUT2D eigenvalue weighted by atomic mass is 15.3. The summed E-state index contributed by atoms with van der Waals surface area (Å²) < 4.78 is 0. The molecular weight excluding hydrogens is 194 g/mol. The monoisotopic (exact) mass is 213 g/mol. The molecule has 0 spiro atoms. The van der Waals surface area contributed by atoms with Crippen LogP contribution < -0.4 is 0 Å². The Hall–Kier alpha value is -1.08. The normalized spacial score (nSPS) is 32.6. The third-order valence-electron chi connectivity index (χ3n) is 3.84. The Labute approximate surface area is 97.8 Å². The molecule has 0 saturated carbocycles. The van der Waals surface area contributed by atoms with E-state index in [0.717, 1.165) is 18.6 Å². The van der Waals surface area contributed by atoms with E-state index in [0.29, 0.717) is 0 Å². The van der Waals surface area contributed by atoms with Crippen molar-refractivity contribution in [1.29, 1.82) is 0 Å². The molecule has 0 radical (unpaired) electrons. The highest BCUT2D eigenvalue weighted by molar-refractivity contribution is 5.17. The lowest BCUT2D eigenvalue weighted by molar-refractivity contribution is 0.459. The molecule has 0 aromatic heterocycles. The van der Waals surface area contributed by atoms with Gasteiger partial charge in [-0.3, -0.25) is 4.90 Å². The predicted molar refractivity (Wildman–Crippen MR) is 67.2 cm³/mol. The Morgan fingerprint density at radius 2 is 1.56 bits per heavy atom. The van der Waals surface area contributed by atoms with Gasteiger partial charge in [-0.25, -0.2) is 0 Å². The predicted octanol–water partition coefficient (Wildman–Crippen LogP) is 3.37. The van der Waals surface area contributed by atoms with Crippen molar-refractivity contribution >= 4 is 0 Å². The number of nitrogens with zero attached hydrogens (tertiary/aromatic N) is 1. The first-order valence-electron chi connectivity index (χ1n) is 6.40. The minimum atomic E-state index is 0.866. The molecule has 16 heavy (non-hydrogen) atoms. The molecule has 2 aliphatic rings. The van der Waals surface area contributed by atoms with Gasteiger partial charge in [-0.15, -0.1) is 0 Å². The number of allylic oxidation sites excluding steroid dienone is 2.